The van der Waals surface area contributed by atoms with Gasteiger partial charge in [0.25, 0.3) is 0 Å². The summed E-state index contributed by atoms with van der Waals surface area (Å²) in [4.78, 5) is 18.9. The van der Waals surface area contributed by atoms with E-state index in [1.165, 1.54) is 116 Å². The molecule has 0 aliphatic heterocycles. The maximum atomic E-state index is 10.2. The summed E-state index contributed by atoms with van der Waals surface area (Å²) in [5.74, 6) is 8.29. The zero-order valence-electron chi connectivity index (χ0n) is 42.1. The van der Waals surface area contributed by atoms with E-state index in [1.54, 1.807) is 11.1 Å². The van der Waals surface area contributed by atoms with Gasteiger partial charge in [-0.3, -0.25) is 9.59 Å². The molecule has 6 fully saturated rings. The van der Waals surface area contributed by atoms with Crippen molar-refractivity contribution >= 4 is 11.9 Å². The van der Waals surface area contributed by atoms with Gasteiger partial charge in [-0.1, -0.05) is 131 Å². The molecule has 0 heterocycles. The summed E-state index contributed by atoms with van der Waals surface area (Å²) < 4.78 is 0. The molecule has 0 unspecified atom stereocenters. The van der Waals surface area contributed by atoms with E-state index in [-0.39, 0.29) is 12.2 Å². The third-order valence-corrected chi connectivity index (χ3v) is 20.9. The Bertz CT molecular complexity index is 1500. The van der Waals surface area contributed by atoms with Crippen LogP contribution in [0.4, 0.5) is 0 Å². The van der Waals surface area contributed by atoms with Crippen LogP contribution in [0.1, 0.15) is 217 Å². The van der Waals surface area contributed by atoms with E-state index in [4.69, 9.17) is 10.2 Å². The first-order chi connectivity index (χ1) is 29.6. The van der Waals surface area contributed by atoms with E-state index in [1.807, 2.05) is 0 Å². The summed E-state index contributed by atoms with van der Waals surface area (Å²) in [5, 5.41) is 35.8. The number of allylic oxidation sites excluding steroid dienone is 2. The Morgan fingerprint density at radius 3 is 1.25 bits per heavy atom. The summed E-state index contributed by atoms with van der Waals surface area (Å²) in [6.07, 6.45) is 33.5. The fourth-order valence-electron chi connectivity index (χ4n) is 17.5. The zero-order chi connectivity index (χ0) is 46.1. The molecule has 0 aromatic carbocycles. The molecule has 0 aromatic heterocycles. The van der Waals surface area contributed by atoms with Crippen LogP contribution in [0.5, 0.6) is 0 Å². The highest BCUT2D eigenvalue weighted by atomic mass is 16.4. The average Bonchev–Trinajstić information content (AvgIpc) is 3.75. The number of aliphatic hydroxyl groups excluding tert-OH is 2. The molecule has 16 atom stereocenters. The largest absolute Gasteiger partial charge is 0.481 e. The van der Waals surface area contributed by atoms with Gasteiger partial charge in [-0.05, 0) is 195 Å². The first-order valence-electron chi connectivity index (χ1n) is 26.8. The molecule has 0 radical (unpaired) electrons. The van der Waals surface area contributed by atoms with E-state index in [0.29, 0.717) is 21.7 Å². The van der Waals surface area contributed by atoms with Crippen LogP contribution in [-0.2, 0) is 9.59 Å². The molecule has 6 heteroatoms. The van der Waals surface area contributed by atoms with Crippen molar-refractivity contribution in [3.05, 3.63) is 23.3 Å². The van der Waals surface area contributed by atoms with E-state index >= 15 is 0 Å². The van der Waals surface area contributed by atoms with Crippen molar-refractivity contribution in [3.63, 3.8) is 0 Å². The van der Waals surface area contributed by atoms with Crippen molar-refractivity contribution in [2.45, 2.75) is 229 Å². The maximum absolute atomic E-state index is 10.2. The van der Waals surface area contributed by atoms with Crippen molar-refractivity contribution in [3.8, 4) is 0 Å². The van der Waals surface area contributed by atoms with Crippen LogP contribution in [0.25, 0.3) is 0 Å². The monoisotopic (exact) mass is 877 g/mol. The van der Waals surface area contributed by atoms with E-state index in [9.17, 15) is 19.8 Å². The first-order valence-corrected chi connectivity index (χ1v) is 26.8. The molecule has 0 aromatic rings. The van der Waals surface area contributed by atoms with Gasteiger partial charge in [-0.2, -0.15) is 0 Å². The molecule has 0 spiro atoms. The van der Waals surface area contributed by atoms with Gasteiger partial charge < -0.3 is 20.4 Å². The molecule has 63 heavy (non-hydrogen) atoms. The number of carboxylic acids is 2. The summed E-state index contributed by atoms with van der Waals surface area (Å²) in [7, 11) is 0. The van der Waals surface area contributed by atoms with Crippen molar-refractivity contribution in [1.29, 1.82) is 0 Å². The number of carboxylic acid groups (broad SMARTS) is 2. The van der Waals surface area contributed by atoms with Gasteiger partial charge in [-0.25, -0.2) is 0 Å². The van der Waals surface area contributed by atoms with Crippen LogP contribution in [0.15, 0.2) is 23.3 Å². The lowest BCUT2D eigenvalue weighted by Crippen LogP contribution is -2.50. The third kappa shape index (κ3) is 10.7. The topological polar surface area (TPSA) is 115 Å². The Morgan fingerprint density at radius 2 is 0.921 bits per heavy atom. The molecule has 6 nitrogen and oxygen atoms in total. The van der Waals surface area contributed by atoms with Crippen molar-refractivity contribution in [2.75, 3.05) is 0 Å². The number of carbonyl (C=O) groups is 2. The molecule has 4 N–H and O–H groups in total. The summed E-state index contributed by atoms with van der Waals surface area (Å²) in [6, 6.07) is 0. The van der Waals surface area contributed by atoms with Crippen molar-refractivity contribution < 1.29 is 30.0 Å². The van der Waals surface area contributed by atoms with Gasteiger partial charge in [0.15, 0.2) is 0 Å². The van der Waals surface area contributed by atoms with Crippen LogP contribution in [0, 0.1) is 92.7 Å². The molecule has 360 valence electrons. The molecule has 0 saturated heterocycles. The Labute approximate surface area is 385 Å². The van der Waals surface area contributed by atoms with Crippen LogP contribution in [0.3, 0.4) is 0 Å². The van der Waals surface area contributed by atoms with Gasteiger partial charge in [-0.15, -0.1) is 0 Å². The van der Waals surface area contributed by atoms with Gasteiger partial charge in [0.1, 0.15) is 6.42 Å². The van der Waals surface area contributed by atoms with Gasteiger partial charge >= 0.3 is 11.9 Å². The summed E-state index contributed by atoms with van der Waals surface area (Å²) >= 11 is 0. The highest BCUT2D eigenvalue weighted by Gasteiger charge is 2.60. The number of hydrogen-bond acceptors (Lipinski definition) is 4. The second kappa shape index (κ2) is 20.7. The molecule has 0 bridgehead atoms. The number of rotatable bonds is 12. The SMILES string of the molecule is CC(C)CCC[C@@H](C)[C@H]1CC[C@H]2[C@@H]3CC=C4C[C@@H](O)CC[C@]4(C)[C@H]3CC[C@]12C.CC(C)CCC[C@@H](C)[C@H]1CC[C@H]2[C@@H]3CC=C4C[C@@H](O)CC[C@]4(C)[C@H]3CC[C@]12C.O=C(O)CC(=O)O. The van der Waals surface area contributed by atoms with Gasteiger partial charge in [0, 0.05) is 0 Å². The fraction of sp³-hybridized carbons (Fsp3) is 0.895. The highest BCUT2D eigenvalue weighted by Crippen LogP contribution is 2.69. The summed E-state index contributed by atoms with van der Waals surface area (Å²) in [5.41, 5.74) is 5.21. The van der Waals surface area contributed by atoms with Crippen molar-refractivity contribution in [2.24, 2.45) is 92.7 Å². The molecule has 0 amide bonds. The minimum absolute atomic E-state index is 0.0766. The minimum atomic E-state index is -1.31. The Kier molecular flexibility index (Phi) is 16.7. The molecular formula is C57H96O6. The predicted octanol–water partition coefficient (Wildman–Crippen LogP) is 14.3. The number of fused-ring (bicyclic) bond motifs is 10. The Morgan fingerprint density at radius 1 is 0.540 bits per heavy atom. The normalized spacial score (nSPS) is 42.3. The molecule has 8 aliphatic rings. The molecule has 8 aliphatic carbocycles. The van der Waals surface area contributed by atoms with Crippen molar-refractivity contribution in [1.82, 2.24) is 0 Å². The van der Waals surface area contributed by atoms with Gasteiger partial charge in [0.05, 0.1) is 12.2 Å². The lowest BCUT2D eigenvalue weighted by atomic mass is 9.47. The van der Waals surface area contributed by atoms with E-state index in [0.717, 1.165) is 96.7 Å². The van der Waals surface area contributed by atoms with Crippen LogP contribution < -0.4 is 0 Å². The third-order valence-electron chi connectivity index (χ3n) is 20.9. The summed E-state index contributed by atoms with van der Waals surface area (Å²) in [6.45, 7) is 25.1. The van der Waals surface area contributed by atoms with Gasteiger partial charge in [0.2, 0.25) is 0 Å². The standard InChI is InChI=1S/2C27H46O.C3H4O4/c2*1-18(2)7-6-8-19(3)23-11-12-24-22-10-9-20-17-21(28)13-15-26(20,4)25(22)14-16-27(23,24)5;4-2(5)1-3(6)7/h2*9,18-19,21-25,28H,6-8,10-17H2,1-5H3;1H2,(H,4,5)(H,6,7)/t2*19-,21+,22+,23-,24+,25+,26+,27-;/m11./s1. The number of aliphatic carboxylic acids is 2. The lowest BCUT2D eigenvalue weighted by Gasteiger charge is -2.58. The predicted molar refractivity (Wildman–Crippen MR) is 258 cm³/mol. The maximum Gasteiger partial charge on any atom is 0.314 e. The second-order valence-electron chi connectivity index (χ2n) is 25.3. The first kappa shape index (κ1) is 50.7. The lowest BCUT2D eigenvalue weighted by molar-refractivity contribution is -0.147. The quantitative estimate of drug-likeness (QED) is 0.115. The molecule has 6 saturated carbocycles. The zero-order valence-corrected chi connectivity index (χ0v) is 42.1. The second-order valence-corrected chi connectivity index (χ2v) is 25.3. The number of aliphatic hydroxyl groups is 2. The van der Waals surface area contributed by atoms with Crippen LogP contribution >= 0.6 is 0 Å². The molecular weight excluding hydrogens is 781 g/mol. The van der Waals surface area contributed by atoms with E-state index in [2.05, 4.69) is 81.4 Å². The Hall–Kier alpha value is -1.66. The Balaban J connectivity index is 0.000000182. The number of hydrogen-bond donors (Lipinski definition) is 4. The van der Waals surface area contributed by atoms with Crippen LogP contribution in [0.2, 0.25) is 0 Å². The molecule has 8 rings (SSSR count). The smallest absolute Gasteiger partial charge is 0.314 e. The highest BCUT2D eigenvalue weighted by molar-refractivity contribution is 5.88. The van der Waals surface area contributed by atoms with E-state index < -0.39 is 18.4 Å². The van der Waals surface area contributed by atoms with Crippen LogP contribution in [-0.4, -0.2) is 44.6 Å². The fourth-order valence-corrected chi connectivity index (χ4v) is 17.5. The average molecular weight is 877 g/mol. The minimum Gasteiger partial charge on any atom is -0.481 e.